The van der Waals surface area contributed by atoms with Crippen molar-refractivity contribution in [3.63, 3.8) is 0 Å². The minimum absolute atomic E-state index is 0. The van der Waals surface area contributed by atoms with Crippen LogP contribution in [-0.4, -0.2) is 33.6 Å². The standard InChI is InChI=1S/C38H32N4O3.Pt/c1-23-16-17-39-34(20-23)41-32-13-8-7-12-30(32)31-15-14-29(22-33(31)41)45-28-11-9-10-27(21-28)42-38(44-6)36(37(40-42)43-5)35-25(3)18-24(2)19-26(35)4;/h7-20H,1-6H3;/q-2;+2. The van der Waals surface area contributed by atoms with Crippen LogP contribution >= 0.6 is 0 Å². The van der Waals surface area contributed by atoms with Gasteiger partial charge in [-0.05, 0) is 79.2 Å². The summed E-state index contributed by atoms with van der Waals surface area (Å²) in [6.45, 7) is 8.34. The monoisotopic (exact) mass is 787 g/mol. The first-order valence-corrected chi connectivity index (χ1v) is 14.7. The summed E-state index contributed by atoms with van der Waals surface area (Å²) in [6.07, 6.45) is 1.83. The molecule has 0 unspecified atom stereocenters. The summed E-state index contributed by atoms with van der Waals surface area (Å²) in [7, 11) is 3.26. The zero-order valence-corrected chi connectivity index (χ0v) is 28.7. The maximum absolute atomic E-state index is 6.37. The van der Waals surface area contributed by atoms with Crippen molar-refractivity contribution in [2.75, 3.05) is 14.2 Å². The molecule has 0 amide bonds. The molecular weight excluding hydrogens is 756 g/mol. The maximum atomic E-state index is 6.37. The van der Waals surface area contributed by atoms with Crippen LogP contribution < -0.4 is 14.2 Å². The van der Waals surface area contributed by atoms with Gasteiger partial charge >= 0.3 is 21.1 Å². The zero-order valence-electron chi connectivity index (χ0n) is 26.4. The van der Waals surface area contributed by atoms with E-state index in [-0.39, 0.29) is 21.1 Å². The normalized spacial score (nSPS) is 11.1. The molecule has 0 saturated carbocycles. The van der Waals surface area contributed by atoms with Crippen molar-refractivity contribution in [2.24, 2.45) is 0 Å². The average Bonchev–Trinajstić information content (AvgIpc) is 3.56. The van der Waals surface area contributed by atoms with Crippen LogP contribution in [0.25, 0.3) is 44.4 Å². The average molecular weight is 788 g/mol. The predicted molar refractivity (Wildman–Crippen MR) is 177 cm³/mol. The van der Waals surface area contributed by atoms with Crippen molar-refractivity contribution in [1.82, 2.24) is 19.3 Å². The summed E-state index contributed by atoms with van der Waals surface area (Å²) in [5.41, 5.74) is 8.99. The van der Waals surface area contributed by atoms with Crippen LogP contribution in [0.1, 0.15) is 22.3 Å². The van der Waals surface area contributed by atoms with E-state index in [9.17, 15) is 0 Å². The van der Waals surface area contributed by atoms with Crippen molar-refractivity contribution in [3.8, 4) is 45.9 Å². The molecule has 0 aliphatic heterocycles. The van der Waals surface area contributed by atoms with Crippen LogP contribution in [0.2, 0.25) is 0 Å². The molecule has 7 aromatic rings. The fourth-order valence-electron chi connectivity index (χ4n) is 6.22. The molecule has 0 saturated heterocycles. The van der Waals surface area contributed by atoms with Gasteiger partial charge in [0, 0.05) is 23.2 Å². The number of pyridine rings is 1. The van der Waals surface area contributed by atoms with Crippen LogP contribution in [0.5, 0.6) is 23.3 Å². The second-order valence-corrected chi connectivity index (χ2v) is 11.2. The minimum Gasteiger partial charge on any atom is -0.509 e. The molecule has 0 atom stereocenters. The van der Waals surface area contributed by atoms with Gasteiger partial charge in [0.05, 0.1) is 14.2 Å². The van der Waals surface area contributed by atoms with Gasteiger partial charge in [0.1, 0.15) is 11.4 Å². The molecule has 3 aromatic heterocycles. The number of para-hydroxylation sites is 1. The number of rotatable bonds is 7. The molecule has 8 heteroatoms. The van der Waals surface area contributed by atoms with Gasteiger partial charge in [-0.15, -0.1) is 40.8 Å². The Kier molecular flexibility index (Phi) is 8.45. The number of fused-ring (bicyclic) bond motifs is 3. The number of hydrogen-bond donors (Lipinski definition) is 0. The summed E-state index contributed by atoms with van der Waals surface area (Å²) in [5, 5.41) is 6.98. The first-order valence-electron chi connectivity index (χ1n) is 14.7. The van der Waals surface area contributed by atoms with E-state index in [0.29, 0.717) is 28.9 Å². The van der Waals surface area contributed by atoms with Crippen molar-refractivity contribution in [3.05, 3.63) is 119 Å². The Hall–Kier alpha value is -4.87. The zero-order chi connectivity index (χ0) is 31.2. The number of aryl methyl sites for hydroxylation is 4. The number of ether oxygens (including phenoxy) is 3. The van der Waals surface area contributed by atoms with Gasteiger partial charge in [0.15, 0.2) is 0 Å². The second-order valence-electron chi connectivity index (χ2n) is 11.2. The fourth-order valence-corrected chi connectivity index (χ4v) is 6.22. The number of hydrogen-bond acceptors (Lipinski definition) is 5. The van der Waals surface area contributed by atoms with E-state index in [1.165, 1.54) is 5.56 Å². The van der Waals surface area contributed by atoms with Crippen LogP contribution in [0.3, 0.4) is 0 Å². The van der Waals surface area contributed by atoms with Gasteiger partial charge in [-0.3, -0.25) is 0 Å². The van der Waals surface area contributed by atoms with Crippen molar-refractivity contribution < 1.29 is 35.3 Å². The minimum atomic E-state index is 0. The molecule has 232 valence electrons. The molecule has 0 N–H and O–H groups in total. The van der Waals surface area contributed by atoms with Gasteiger partial charge in [0.2, 0.25) is 11.8 Å². The van der Waals surface area contributed by atoms with E-state index >= 15 is 0 Å². The van der Waals surface area contributed by atoms with E-state index in [0.717, 1.165) is 55.4 Å². The molecule has 7 rings (SSSR count). The predicted octanol–water partition coefficient (Wildman–Crippen LogP) is 8.67. The SMILES string of the molecule is COc1nn(-c2[c-]c(Oc3[c-]c4c(cc3)c3ccccc3n4-c3cc(C)ccn3)ccc2)c(OC)c1-c1c(C)cc(C)cc1C.[Pt+2]. The van der Waals surface area contributed by atoms with Crippen molar-refractivity contribution in [2.45, 2.75) is 27.7 Å². The maximum Gasteiger partial charge on any atom is 2.00 e. The Morgan fingerprint density at radius 1 is 0.696 bits per heavy atom. The molecule has 7 nitrogen and oxygen atoms in total. The topological polar surface area (TPSA) is 63.3 Å². The Morgan fingerprint density at radius 3 is 2.20 bits per heavy atom. The van der Waals surface area contributed by atoms with Crippen LogP contribution in [-0.2, 0) is 21.1 Å². The van der Waals surface area contributed by atoms with E-state index in [2.05, 4.69) is 85.8 Å². The third-order valence-electron chi connectivity index (χ3n) is 8.01. The molecular formula is C38H32N4O3Pt. The van der Waals surface area contributed by atoms with Gasteiger partial charge in [-0.2, -0.15) is 12.1 Å². The number of benzene rings is 4. The van der Waals surface area contributed by atoms with Crippen LogP contribution in [0.15, 0.2) is 85.1 Å². The Morgan fingerprint density at radius 2 is 1.46 bits per heavy atom. The van der Waals surface area contributed by atoms with Crippen molar-refractivity contribution in [1.29, 1.82) is 0 Å². The molecule has 0 radical (unpaired) electrons. The van der Waals surface area contributed by atoms with Gasteiger partial charge in [-0.25, -0.2) is 9.67 Å². The molecule has 3 heterocycles. The molecule has 0 spiro atoms. The quantitative estimate of drug-likeness (QED) is 0.152. The summed E-state index contributed by atoms with van der Waals surface area (Å²) in [5.74, 6) is 2.93. The number of aromatic nitrogens is 4. The summed E-state index contributed by atoms with van der Waals surface area (Å²) < 4.78 is 21.9. The Labute approximate surface area is 282 Å². The van der Waals surface area contributed by atoms with E-state index in [4.69, 9.17) is 19.3 Å². The first-order chi connectivity index (χ1) is 21.9. The summed E-state index contributed by atoms with van der Waals surface area (Å²) in [6, 6.07) is 33.2. The molecule has 0 aliphatic rings. The molecule has 0 fully saturated rings. The van der Waals surface area contributed by atoms with Crippen molar-refractivity contribution >= 4 is 21.8 Å². The van der Waals surface area contributed by atoms with E-state index in [1.807, 2.05) is 48.7 Å². The fraction of sp³-hybridized carbons (Fsp3) is 0.158. The van der Waals surface area contributed by atoms with E-state index < -0.39 is 0 Å². The molecule has 46 heavy (non-hydrogen) atoms. The summed E-state index contributed by atoms with van der Waals surface area (Å²) >= 11 is 0. The third-order valence-corrected chi connectivity index (χ3v) is 8.01. The van der Waals surface area contributed by atoms with Crippen LogP contribution in [0, 0.1) is 39.8 Å². The molecule has 0 aliphatic carbocycles. The summed E-state index contributed by atoms with van der Waals surface area (Å²) in [4.78, 5) is 4.67. The van der Waals surface area contributed by atoms with Gasteiger partial charge in [-0.1, -0.05) is 41.4 Å². The van der Waals surface area contributed by atoms with Gasteiger partial charge < -0.3 is 18.8 Å². The van der Waals surface area contributed by atoms with Gasteiger partial charge in [0.25, 0.3) is 0 Å². The largest absolute Gasteiger partial charge is 2.00 e. The molecule has 0 bridgehead atoms. The van der Waals surface area contributed by atoms with Crippen LogP contribution in [0.4, 0.5) is 0 Å². The first kappa shape index (κ1) is 31.1. The Bertz CT molecular complexity index is 2210. The molecule has 4 aromatic carbocycles. The second kappa shape index (κ2) is 12.5. The van der Waals surface area contributed by atoms with E-state index in [1.54, 1.807) is 18.9 Å². The number of methoxy groups -OCH3 is 2. The smallest absolute Gasteiger partial charge is 0.509 e. The third kappa shape index (κ3) is 5.35. The number of nitrogens with zero attached hydrogens (tertiary/aromatic N) is 4. The Balaban J connectivity index is 0.00000372.